The van der Waals surface area contributed by atoms with Crippen molar-refractivity contribution in [3.05, 3.63) is 27.8 Å². The number of fused-ring (bicyclic) bond motifs is 1. The van der Waals surface area contributed by atoms with Gasteiger partial charge in [-0.2, -0.15) is 5.10 Å². The van der Waals surface area contributed by atoms with E-state index in [-0.39, 0.29) is 5.56 Å². The van der Waals surface area contributed by atoms with Gasteiger partial charge in [-0.05, 0) is 19.4 Å². The van der Waals surface area contributed by atoms with Crippen molar-refractivity contribution in [2.45, 2.75) is 13.8 Å². The fraction of sp³-hybridized carbons (Fsp3) is 0.333. The Morgan fingerprint density at radius 3 is 2.85 bits per heavy atom. The van der Waals surface area contributed by atoms with Crippen LogP contribution in [0.15, 0.2) is 11.0 Å². The maximum Gasteiger partial charge on any atom is 0.276 e. The molecule has 2 rings (SSSR count). The average Bonchev–Trinajstić information content (AvgIpc) is 2.37. The zero-order chi connectivity index (χ0) is 9.59. The minimum Gasteiger partial charge on any atom is -0.357 e. The highest BCUT2D eigenvalue weighted by atomic mass is 16.1. The third kappa shape index (κ3) is 0.983. The Balaban J connectivity index is 3.06. The molecule has 68 valence electrons. The number of aromatic amines is 1. The van der Waals surface area contributed by atoms with Crippen LogP contribution in [0.4, 0.5) is 0 Å². The highest BCUT2D eigenvalue weighted by molar-refractivity contribution is 5.82. The fourth-order valence-corrected chi connectivity index (χ4v) is 1.48. The Labute approximate surface area is 75.2 Å². The summed E-state index contributed by atoms with van der Waals surface area (Å²) in [6, 6.07) is 0. The molecule has 0 saturated heterocycles. The Morgan fingerprint density at radius 2 is 2.15 bits per heavy atom. The summed E-state index contributed by atoms with van der Waals surface area (Å²) in [5, 5.41) is 4.68. The van der Waals surface area contributed by atoms with Gasteiger partial charge >= 0.3 is 0 Å². The van der Waals surface area contributed by atoms with Crippen molar-refractivity contribution in [3.8, 4) is 0 Å². The van der Waals surface area contributed by atoms with Gasteiger partial charge in [0.25, 0.3) is 5.56 Å². The molecule has 0 aliphatic rings. The van der Waals surface area contributed by atoms with Crippen LogP contribution in [-0.4, -0.2) is 14.8 Å². The topological polar surface area (TPSA) is 50.7 Å². The van der Waals surface area contributed by atoms with Crippen LogP contribution in [0, 0.1) is 13.8 Å². The molecular formula is C9H11N3O. The van der Waals surface area contributed by atoms with E-state index in [0.29, 0.717) is 0 Å². The van der Waals surface area contributed by atoms with E-state index in [1.54, 1.807) is 13.2 Å². The quantitative estimate of drug-likeness (QED) is 0.649. The molecule has 0 saturated carbocycles. The number of rotatable bonds is 0. The Bertz CT molecular complexity index is 521. The molecule has 0 aromatic carbocycles. The summed E-state index contributed by atoms with van der Waals surface area (Å²) < 4.78 is 1.35. The van der Waals surface area contributed by atoms with Crippen molar-refractivity contribution in [2.75, 3.05) is 0 Å². The number of nitrogens with one attached hydrogen (secondary N) is 1. The van der Waals surface area contributed by atoms with Gasteiger partial charge in [0.05, 0.1) is 17.1 Å². The van der Waals surface area contributed by atoms with Gasteiger partial charge in [-0.15, -0.1) is 0 Å². The first-order valence-corrected chi connectivity index (χ1v) is 4.12. The van der Waals surface area contributed by atoms with Gasteiger partial charge in [-0.25, -0.2) is 4.68 Å². The van der Waals surface area contributed by atoms with Crippen molar-refractivity contribution in [3.63, 3.8) is 0 Å². The van der Waals surface area contributed by atoms with E-state index in [1.807, 2.05) is 13.8 Å². The summed E-state index contributed by atoms with van der Waals surface area (Å²) in [4.78, 5) is 14.8. The van der Waals surface area contributed by atoms with Crippen LogP contribution >= 0.6 is 0 Å². The van der Waals surface area contributed by atoms with Gasteiger partial charge in [-0.1, -0.05) is 0 Å². The van der Waals surface area contributed by atoms with Crippen LogP contribution in [0.25, 0.3) is 10.9 Å². The van der Waals surface area contributed by atoms with Crippen LogP contribution < -0.4 is 5.56 Å². The number of aryl methyl sites for hydroxylation is 3. The molecule has 0 fully saturated rings. The predicted molar refractivity (Wildman–Crippen MR) is 50.8 cm³/mol. The van der Waals surface area contributed by atoms with Gasteiger partial charge in [0, 0.05) is 12.7 Å². The van der Waals surface area contributed by atoms with Crippen LogP contribution in [0.1, 0.15) is 11.3 Å². The smallest absolute Gasteiger partial charge is 0.276 e. The molecule has 0 amide bonds. The van der Waals surface area contributed by atoms with Crippen molar-refractivity contribution in [1.29, 1.82) is 0 Å². The first-order chi connectivity index (χ1) is 6.11. The molecule has 2 aromatic heterocycles. The van der Waals surface area contributed by atoms with E-state index in [0.717, 1.165) is 22.2 Å². The molecule has 2 aromatic rings. The third-order valence-corrected chi connectivity index (χ3v) is 2.40. The molecule has 4 heteroatoms. The summed E-state index contributed by atoms with van der Waals surface area (Å²) in [6.45, 7) is 3.89. The lowest BCUT2D eigenvalue weighted by Crippen LogP contribution is -2.18. The second kappa shape index (κ2) is 2.45. The molecule has 0 aliphatic heterocycles. The molecule has 0 aliphatic carbocycles. The first kappa shape index (κ1) is 8.04. The van der Waals surface area contributed by atoms with Gasteiger partial charge < -0.3 is 4.98 Å². The van der Waals surface area contributed by atoms with Gasteiger partial charge in [0.2, 0.25) is 0 Å². The van der Waals surface area contributed by atoms with Gasteiger partial charge in [0.1, 0.15) is 0 Å². The number of aromatic nitrogens is 3. The zero-order valence-electron chi connectivity index (χ0n) is 7.88. The monoisotopic (exact) mass is 177 g/mol. The van der Waals surface area contributed by atoms with Crippen molar-refractivity contribution in [1.82, 2.24) is 14.8 Å². The maximum atomic E-state index is 11.6. The maximum absolute atomic E-state index is 11.6. The van der Waals surface area contributed by atoms with Crippen LogP contribution in [-0.2, 0) is 7.05 Å². The van der Waals surface area contributed by atoms with Crippen LogP contribution in [0.2, 0.25) is 0 Å². The number of nitrogens with zero attached hydrogens (tertiary/aromatic N) is 2. The summed E-state index contributed by atoms with van der Waals surface area (Å²) in [7, 11) is 1.66. The zero-order valence-corrected chi connectivity index (χ0v) is 7.88. The summed E-state index contributed by atoms with van der Waals surface area (Å²) >= 11 is 0. The molecule has 0 bridgehead atoms. The Kier molecular flexibility index (Phi) is 1.52. The molecule has 0 spiro atoms. The van der Waals surface area contributed by atoms with Crippen LogP contribution in [0.3, 0.4) is 0 Å². The molecule has 2 heterocycles. The highest BCUT2D eigenvalue weighted by Gasteiger charge is 2.08. The number of hydrogen-bond acceptors (Lipinski definition) is 2. The lowest BCUT2D eigenvalue weighted by Gasteiger charge is -1.94. The largest absolute Gasteiger partial charge is 0.357 e. The minimum atomic E-state index is -0.0423. The van der Waals surface area contributed by atoms with E-state index in [9.17, 15) is 4.79 Å². The van der Waals surface area contributed by atoms with E-state index in [4.69, 9.17) is 0 Å². The standard InChI is InChI=1S/C9H11N3O/c1-5-6(2)11-7-4-10-12(3)9(13)8(5)7/h4,11H,1-3H3. The first-order valence-electron chi connectivity index (χ1n) is 4.12. The second-order valence-corrected chi connectivity index (χ2v) is 3.24. The van der Waals surface area contributed by atoms with E-state index in [1.165, 1.54) is 4.68 Å². The highest BCUT2D eigenvalue weighted by Crippen LogP contribution is 2.15. The van der Waals surface area contributed by atoms with Gasteiger partial charge in [0.15, 0.2) is 0 Å². The molecule has 4 nitrogen and oxygen atoms in total. The Morgan fingerprint density at radius 1 is 1.46 bits per heavy atom. The van der Waals surface area contributed by atoms with Crippen molar-refractivity contribution >= 4 is 10.9 Å². The summed E-state index contributed by atoms with van der Waals surface area (Å²) in [5.41, 5.74) is 2.82. The molecular weight excluding hydrogens is 166 g/mol. The molecule has 13 heavy (non-hydrogen) atoms. The minimum absolute atomic E-state index is 0.0423. The molecule has 0 radical (unpaired) electrons. The van der Waals surface area contributed by atoms with E-state index >= 15 is 0 Å². The van der Waals surface area contributed by atoms with Crippen LogP contribution in [0.5, 0.6) is 0 Å². The molecule has 0 atom stereocenters. The molecule has 1 N–H and O–H groups in total. The lowest BCUT2D eigenvalue weighted by atomic mass is 10.2. The third-order valence-electron chi connectivity index (χ3n) is 2.40. The summed E-state index contributed by atoms with van der Waals surface area (Å²) in [6.07, 6.45) is 1.68. The fourth-order valence-electron chi connectivity index (χ4n) is 1.48. The van der Waals surface area contributed by atoms with Gasteiger partial charge in [-0.3, -0.25) is 4.79 Å². The van der Waals surface area contributed by atoms with Crippen molar-refractivity contribution in [2.24, 2.45) is 7.05 Å². The van der Waals surface area contributed by atoms with E-state index < -0.39 is 0 Å². The molecule has 0 unspecified atom stereocenters. The second-order valence-electron chi connectivity index (χ2n) is 3.24. The Hall–Kier alpha value is -1.58. The average molecular weight is 177 g/mol. The number of H-pyrrole nitrogens is 1. The number of hydrogen-bond donors (Lipinski definition) is 1. The summed E-state index contributed by atoms with van der Waals surface area (Å²) in [5.74, 6) is 0. The van der Waals surface area contributed by atoms with Crippen molar-refractivity contribution < 1.29 is 0 Å². The lowest BCUT2D eigenvalue weighted by molar-refractivity contribution is 0.717. The normalized spacial score (nSPS) is 11.0. The SMILES string of the molecule is Cc1[nH]c2cnn(C)c(=O)c2c1C. The van der Waals surface area contributed by atoms with E-state index in [2.05, 4.69) is 10.1 Å². The predicted octanol–water partition coefficient (Wildman–Crippen LogP) is 0.878.